The molecule has 2 heterocycles. The Morgan fingerprint density at radius 1 is 1.33 bits per heavy atom. The molecule has 30 heavy (non-hydrogen) atoms. The first-order valence-electron chi connectivity index (χ1n) is 10.0. The van der Waals surface area contributed by atoms with Crippen LogP contribution in [-0.2, 0) is 23.9 Å². The Labute approximate surface area is 173 Å². The van der Waals surface area contributed by atoms with Gasteiger partial charge in [-0.15, -0.1) is 0 Å². The van der Waals surface area contributed by atoms with Crippen molar-refractivity contribution in [1.82, 2.24) is 10.2 Å². The molecule has 6 N–H and O–H groups in total. The van der Waals surface area contributed by atoms with Crippen LogP contribution in [0, 0.1) is 5.92 Å². The van der Waals surface area contributed by atoms with Crippen LogP contribution in [0.25, 0.3) is 0 Å². The summed E-state index contributed by atoms with van der Waals surface area (Å²) in [4.78, 5) is 13.8. The molecule has 0 amide bonds. The van der Waals surface area contributed by atoms with E-state index in [9.17, 15) is 23.1 Å². The summed E-state index contributed by atoms with van der Waals surface area (Å²) in [6.45, 7) is 1.50. The van der Waals surface area contributed by atoms with Gasteiger partial charge in [0.2, 0.25) is 0 Å². The quantitative estimate of drug-likeness (QED) is 0.405. The number of rotatable bonds is 7. The normalized spacial score (nSPS) is 27.1. The second kappa shape index (κ2) is 8.84. The molecule has 0 aromatic heterocycles. The van der Waals surface area contributed by atoms with Gasteiger partial charge in [0.05, 0.1) is 5.56 Å². The Morgan fingerprint density at radius 3 is 2.70 bits per heavy atom. The number of carboxylic acid groups (broad SMARTS) is 1. The lowest BCUT2D eigenvalue weighted by Gasteiger charge is -2.30. The number of nitrogens with two attached hydrogens (primary N) is 1. The van der Waals surface area contributed by atoms with Gasteiger partial charge < -0.3 is 26.2 Å². The smallest absolute Gasteiger partial charge is 0.451 e. The molecular weight excluding hydrogens is 402 g/mol. The molecule has 2 aliphatic heterocycles. The summed E-state index contributed by atoms with van der Waals surface area (Å²) >= 11 is 0. The largest absolute Gasteiger partial charge is 0.480 e. The minimum absolute atomic E-state index is 0.0229. The summed E-state index contributed by atoms with van der Waals surface area (Å²) in [6.07, 6.45) is -2.73. The number of benzene rings is 1. The van der Waals surface area contributed by atoms with E-state index in [2.05, 4.69) is 5.32 Å². The summed E-state index contributed by atoms with van der Waals surface area (Å²) in [5.41, 5.74) is 5.61. The van der Waals surface area contributed by atoms with Gasteiger partial charge in [0, 0.05) is 38.1 Å². The second-order valence-electron chi connectivity index (χ2n) is 8.41. The van der Waals surface area contributed by atoms with Gasteiger partial charge in [-0.3, -0.25) is 9.69 Å². The summed E-state index contributed by atoms with van der Waals surface area (Å²) in [7, 11) is -1.43. The van der Waals surface area contributed by atoms with Crippen molar-refractivity contribution in [2.75, 3.05) is 19.6 Å². The van der Waals surface area contributed by atoms with Gasteiger partial charge in [-0.1, -0.05) is 12.5 Å². The second-order valence-corrected chi connectivity index (χ2v) is 8.41. The molecule has 1 saturated heterocycles. The number of carbonyl (C=O) groups is 1. The first-order chi connectivity index (χ1) is 14.0. The first kappa shape index (κ1) is 23.0. The fraction of sp³-hybridized carbons (Fsp3) is 0.632. The molecule has 1 unspecified atom stereocenters. The number of hydrogen-bond acceptors (Lipinski definition) is 6. The zero-order valence-corrected chi connectivity index (χ0v) is 16.5. The lowest BCUT2D eigenvalue weighted by atomic mass is 9.78. The van der Waals surface area contributed by atoms with Gasteiger partial charge in [-0.2, -0.15) is 13.2 Å². The molecule has 0 radical (unpaired) electrons. The number of alkyl halides is 3. The van der Waals surface area contributed by atoms with Crippen LogP contribution in [0.3, 0.4) is 0 Å². The van der Waals surface area contributed by atoms with E-state index in [1.807, 2.05) is 4.90 Å². The molecule has 1 fully saturated rings. The van der Waals surface area contributed by atoms with E-state index in [-0.39, 0.29) is 24.8 Å². The lowest BCUT2D eigenvalue weighted by molar-refractivity contribution is -0.144. The minimum Gasteiger partial charge on any atom is -0.480 e. The van der Waals surface area contributed by atoms with Crippen LogP contribution in [0.2, 0.25) is 6.32 Å². The minimum atomic E-state index is -4.37. The van der Waals surface area contributed by atoms with E-state index in [1.54, 1.807) is 0 Å². The Balaban J connectivity index is 1.62. The van der Waals surface area contributed by atoms with Crippen molar-refractivity contribution < 1.29 is 33.1 Å². The van der Waals surface area contributed by atoms with E-state index >= 15 is 0 Å². The Kier molecular flexibility index (Phi) is 6.78. The molecule has 11 heteroatoms. The summed E-state index contributed by atoms with van der Waals surface area (Å²) in [5, 5.41) is 30.9. The van der Waals surface area contributed by atoms with E-state index < -0.39 is 30.4 Å². The number of halogens is 3. The van der Waals surface area contributed by atoms with Crippen LogP contribution in [0.15, 0.2) is 18.2 Å². The standard InChI is InChI=1S/C19H27BF3N3O4/c21-19(22,23)14-4-3-12-7-16(25-8-13(12)6-14)10-26-9-15(2-1-5-20(29)30)18(24,11-26)17(27)28/h3-4,6,15-16,25,29-30H,1-2,5,7-11,24H2,(H,27,28)/t15-,16?,18+/m0/s1. The molecule has 3 rings (SSSR count). The SMILES string of the molecule is N[C@]1(C(=O)O)CN(CC2Cc3ccc(C(F)(F)F)cc3CN2)C[C@@H]1CCCB(O)O. The van der Waals surface area contributed by atoms with Crippen LogP contribution in [0.4, 0.5) is 13.2 Å². The summed E-state index contributed by atoms with van der Waals surface area (Å²) in [5.74, 6) is -1.40. The van der Waals surface area contributed by atoms with Crippen LogP contribution in [0.5, 0.6) is 0 Å². The highest BCUT2D eigenvalue weighted by Crippen LogP contribution is 2.33. The van der Waals surface area contributed by atoms with E-state index in [0.717, 1.165) is 11.6 Å². The number of nitrogens with one attached hydrogen (secondary N) is 1. The van der Waals surface area contributed by atoms with E-state index in [4.69, 9.17) is 15.8 Å². The van der Waals surface area contributed by atoms with Gasteiger partial charge in [-0.05, 0) is 42.4 Å². The number of likely N-dealkylation sites (tertiary alicyclic amines) is 1. The zero-order chi connectivity index (χ0) is 22.1. The third kappa shape index (κ3) is 5.15. The van der Waals surface area contributed by atoms with Gasteiger partial charge in [0.25, 0.3) is 0 Å². The van der Waals surface area contributed by atoms with Crippen molar-refractivity contribution in [3.8, 4) is 0 Å². The van der Waals surface area contributed by atoms with Crippen molar-refractivity contribution in [1.29, 1.82) is 0 Å². The number of aliphatic carboxylic acids is 1. The van der Waals surface area contributed by atoms with Crippen molar-refractivity contribution in [3.05, 3.63) is 34.9 Å². The molecule has 3 atom stereocenters. The maximum atomic E-state index is 12.9. The van der Waals surface area contributed by atoms with Gasteiger partial charge in [0.1, 0.15) is 5.54 Å². The van der Waals surface area contributed by atoms with Crippen LogP contribution in [0.1, 0.15) is 29.5 Å². The summed E-state index contributed by atoms with van der Waals surface area (Å²) in [6, 6.07) is 3.77. The Morgan fingerprint density at radius 2 is 2.07 bits per heavy atom. The molecule has 0 spiro atoms. The maximum Gasteiger partial charge on any atom is 0.451 e. The number of nitrogens with zero attached hydrogens (tertiary/aromatic N) is 1. The van der Waals surface area contributed by atoms with E-state index in [1.165, 1.54) is 12.1 Å². The molecular formula is C19H27BF3N3O4. The van der Waals surface area contributed by atoms with Crippen LogP contribution >= 0.6 is 0 Å². The van der Waals surface area contributed by atoms with Crippen molar-refractivity contribution in [3.63, 3.8) is 0 Å². The maximum absolute atomic E-state index is 12.9. The number of hydrogen-bond donors (Lipinski definition) is 5. The molecule has 0 aliphatic carbocycles. The molecule has 166 valence electrons. The summed E-state index contributed by atoms with van der Waals surface area (Å²) < 4.78 is 38.7. The first-order valence-corrected chi connectivity index (χ1v) is 10.0. The predicted molar refractivity (Wildman–Crippen MR) is 104 cm³/mol. The van der Waals surface area contributed by atoms with Gasteiger partial charge in [0.15, 0.2) is 0 Å². The lowest BCUT2D eigenvalue weighted by Crippen LogP contribution is -2.55. The fourth-order valence-corrected chi connectivity index (χ4v) is 4.51. The monoisotopic (exact) mass is 429 g/mol. The van der Waals surface area contributed by atoms with Crippen molar-refractivity contribution in [2.24, 2.45) is 11.7 Å². The highest BCUT2D eigenvalue weighted by molar-refractivity contribution is 6.40. The fourth-order valence-electron chi connectivity index (χ4n) is 4.51. The third-order valence-corrected chi connectivity index (χ3v) is 6.17. The van der Waals surface area contributed by atoms with Crippen LogP contribution < -0.4 is 11.1 Å². The molecule has 0 saturated carbocycles. The van der Waals surface area contributed by atoms with Gasteiger partial charge >= 0.3 is 19.3 Å². The topological polar surface area (TPSA) is 119 Å². The number of fused-ring (bicyclic) bond motifs is 1. The highest BCUT2D eigenvalue weighted by atomic mass is 19.4. The van der Waals surface area contributed by atoms with Crippen molar-refractivity contribution >= 4 is 13.1 Å². The van der Waals surface area contributed by atoms with Crippen LogP contribution in [-0.4, -0.2) is 64.4 Å². The third-order valence-electron chi connectivity index (χ3n) is 6.17. The average Bonchev–Trinajstić information content (AvgIpc) is 2.97. The van der Waals surface area contributed by atoms with Crippen molar-refractivity contribution in [2.45, 2.75) is 49.9 Å². The van der Waals surface area contributed by atoms with Gasteiger partial charge in [-0.25, -0.2) is 0 Å². The predicted octanol–water partition coefficient (Wildman–Crippen LogP) is 0.687. The molecule has 0 bridgehead atoms. The molecule has 1 aromatic carbocycles. The van der Waals surface area contributed by atoms with E-state index in [0.29, 0.717) is 44.5 Å². The zero-order valence-electron chi connectivity index (χ0n) is 16.5. The molecule has 2 aliphatic rings. The highest BCUT2D eigenvalue weighted by Gasteiger charge is 2.49. The molecule has 1 aromatic rings. The number of carboxylic acids is 1. The Bertz CT molecular complexity index is 780. The Hall–Kier alpha value is -1.66. The average molecular weight is 429 g/mol. The molecule has 7 nitrogen and oxygen atoms in total.